The number of hydrogen-bond acceptors (Lipinski definition) is 3. The van der Waals surface area contributed by atoms with Crippen LogP contribution in [0.5, 0.6) is 0 Å². The molecule has 5 nitrogen and oxygen atoms in total. The fourth-order valence-corrected chi connectivity index (χ4v) is 5.43. The van der Waals surface area contributed by atoms with Crippen LogP contribution in [0.4, 0.5) is 0 Å². The molecule has 30 heavy (non-hydrogen) atoms. The minimum absolute atomic E-state index is 0.183. The Hall–Kier alpha value is -2.70. The molecule has 1 N–H and O–H groups in total. The number of rotatable bonds is 5. The molecule has 1 heterocycles. The molecule has 6 heteroatoms. The molecule has 1 saturated heterocycles. The maximum Gasteiger partial charge on any atom is 0.251 e. The highest BCUT2D eigenvalue weighted by Gasteiger charge is 2.25. The summed E-state index contributed by atoms with van der Waals surface area (Å²) >= 11 is 0. The summed E-state index contributed by atoms with van der Waals surface area (Å²) in [6.07, 6.45) is 3.88. The summed E-state index contributed by atoms with van der Waals surface area (Å²) in [5.74, 6) is -0.281. The molecule has 3 aromatic carbocycles. The topological polar surface area (TPSA) is 66.5 Å². The number of benzene rings is 3. The number of nitrogens with one attached hydrogen (secondary N) is 1. The van der Waals surface area contributed by atoms with E-state index >= 15 is 0 Å². The van der Waals surface area contributed by atoms with Crippen molar-refractivity contribution in [3.63, 3.8) is 0 Å². The quantitative estimate of drug-likeness (QED) is 0.665. The van der Waals surface area contributed by atoms with Crippen molar-refractivity contribution in [2.45, 2.75) is 37.1 Å². The monoisotopic (exact) mass is 422 g/mol. The van der Waals surface area contributed by atoms with Crippen molar-refractivity contribution in [3.05, 3.63) is 77.9 Å². The second kappa shape index (κ2) is 8.98. The maximum absolute atomic E-state index is 13.0. The highest BCUT2D eigenvalue weighted by Crippen LogP contribution is 2.21. The first kappa shape index (κ1) is 20.6. The molecule has 0 aromatic heterocycles. The van der Waals surface area contributed by atoms with E-state index in [1.54, 1.807) is 22.5 Å². The lowest BCUT2D eigenvalue weighted by atomic mass is 10.1. The summed E-state index contributed by atoms with van der Waals surface area (Å²) in [4.78, 5) is 12.9. The van der Waals surface area contributed by atoms with Gasteiger partial charge in [0.15, 0.2) is 0 Å². The van der Waals surface area contributed by atoms with Crippen molar-refractivity contribution in [1.29, 1.82) is 0 Å². The molecular weight excluding hydrogens is 396 g/mol. The van der Waals surface area contributed by atoms with Gasteiger partial charge in [-0.25, -0.2) is 8.42 Å². The molecule has 0 radical (unpaired) electrons. The van der Waals surface area contributed by atoms with Crippen molar-refractivity contribution >= 4 is 26.7 Å². The van der Waals surface area contributed by atoms with Gasteiger partial charge in [-0.1, -0.05) is 55.3 Å². The Kier molecular flexibility index (Phi) is 6.16. The number of nitrogens with zero attached hydrogens (tertiary/aromatic N) is 1. The summed E-state index contributed by atoms with van der Waals surface area (Å²) < 4.78 is 27.6. The first-order valence-corrected chi connectivity index (χ1v) is 11.8. The summed E-state index contributed by atoms with van der Waals surface area (Å²) in [6.45, 7) is 1.47. The summed E-state index contributed by atoms with van der Waals surface area (Å²) in [7, 11) is -3.58. The molecule has 1 fully saturated rings. The summed E-state index contributed by atoms with van der Waals surface area (Å²) in [5, 5.41) is 5.17. The second-order valence-corrected chi connectivity index (χ2v) is 9.65. The van der Waals surface area contributed by atoms with Crippen LogP contribution in [0.3, 0.4) is 0 Å². The van der Waals surface area contributed by atoms with Gasteiger partial charge >= 0.3 is 0 Å². The van der Waals surface area contributed by atoms with Gasteiger partial charge in [-0.3, -0.25) is 4.79 Å². The molecular formula is C24H26N2O3S. The van der Waals surface area contributed by atoms with Crippen molar-refractivity contribution < 1.29 is 13.2 Å². The zero-order valence-electron chi connectivity index (χ0n) is 16.9. The molecule has 4 rings (SSSR count). The van der Waals surface area contributed by atoms with E-state index in [-0.39, 0.29) is 10.8 Å². The number of carbonyl (C=O) groups is 1. The van der Waals surface area contributed by atoms with Crippen molar-refractivity contribution in [1.82, 2.24) is 9.62 Å². The highest BCUT2D eigenvalue weighted by atomic mass is 32.2. The first-order chi connectivity index (χ1) is 14.5. The normalized spacial score (nSPS) is 15.6. The number of carbonyl (C=O) groups excluding carboxylic acids is 1. The fraction of sp³-hybridized carbons (Fsp3) is 0.292. The van der Waals surface area contributed by atoms with Crippen LogP contribution in [0.15, 0.2) is 71.6 Å². The average molecular weight is 423 g/mol. The molecule has 3 aromatic rings. The van der Waals surface area contributed by atoms with Gasteiger partial charge in [0, 0.05) is 25.2 Å². The van der Waals surface area contributed by atoms with E-state index in [1.807, 2.05) is 36.4 Å². The number of hydrogen-bond donors (Lipinski definition) is 1. The lowest BCUT2D eigenvalue weighted by Crippen LogP contribution is -2.32. The Morgan fingerprint density at radius 1 is 0.833 bits per heavy atom. The lowest BCUT2D eigenvalue weighted by molar-refractivity contribution is 0.0950. The van der Waals surface area contributed by atoms with Gasteiger partial charge in [-0.15, -0.1) is 0 Å². The number of amides is 1. The number of sulfonamides is 1. The van der Waals surface area contributed by atoms with E-state index in [9.17, 15) is 13.2 Å². The van der Waals surface area contributed by atoms with Gasteiger partial charge in [0.25, 0.3) is 5.91 Å². The van der Waals surface area contributed by atoms with Gasteiger partial charge in [0.1, 0.15) is 0 Å². The molecule has 1 aliphatic rings. The van der Waals surface area contributed by atoms with Crippen LogP contribution in [-0.2, 0) is 16.6 Å². The highest BCUT2D eigenvalue weighted by molar-refractivity contribution is 7.89. The standard InChI is InChI=1S/C24H26N2O3S/c27-24(25-18-19-12-13-20-8-3-4-9-21(20)16-19)22-10-7-11-23(17-22)30(28,29)26-14-5-1-2-6-15-26/h3-4,7-13,16-17H,1-2,5-6,14-15,18H2,(H,25,27). The van der Waals surface area contributed by atoms with Gasteiger partial charge in [-0.05, 0) is 53.4 Å². The Morgan fingerprint density at radius 3 is 2.33 bits per heavy atom. The Bertz CT molecular complexity index is 1150. The third kappa shape index (κ3) is 4.55. The van der Waals surface area contributed by atoms with E-state index in [4.69, 9.17) is 0 Å². The third-order valence-corrected chi connectivity index (χ3v) is 7.46. The summed E-state index contributed by atoms with van der Waals surface area (Å²) in [6, 6.07) is 20.5. The van der Waals surface area contributed by atoms with E-state index in [0.717, 1.165) is 42.0 Å². The smallest absolute Gasteiger partial charge is 0.251 e. The minimum Gasteiger partial charge on any atom is -0.348 e. The zero-order valence-corrected chi connectivity index (χ0v) is 17.7. The van der Waals surface area contributed by atoms with Crippen LogP contribution in [-0.4, -0.2) is 31.7 Å². The second-order valence-electron chi connectivity index (χ2n) is 7.71. The van der Waals surface area contributed by atoms with Crippen LogP contribution in [0.1, 0.15) is 41.6 Å². The van der Waals surface area contributed by atoms with E-state index < -0.39 is 10.0 Å². The lowest BCUT2D eigenvalue weighted by Gasteiger charge is -2.20. The molecule has 156 valence electrons. The van der Waals surface area contributed by atoms with Crippen LogP contribution in [0.2, 0.25) is 0 Å². The Labute approximate surface area is 177 Å². The van der Waals surface area contributed by atoms with Crippen LogP contribution in [0.25, 0.3) is 10.8 Å². The predicted molar refractivity (Wildman–Crippen MR) is 119 cm³/mol. The molecule has 0 atom stereocenters. The van der Waals surface area contributed by atoms with Crippen molar-refractivity contribution in [2.24, 2.45) is 0 Å². The van der Waals surface area contributed by atoms with E-state index in [2.05, 4.69) is 11.4 Å². The van der Waals surface area contributed by atoms with Crippen molar-refractivity contribution in [3.8, 4) is 0 Å². The molecule has 1 amide bonds. The largest absolute Gasteiger partial charge is 0.348 e. The molecule has 0 saturated carbocycles. The SMILES string of the molecule is O=C(NCc1ccc2ccccc2c1)c1cccc(S(=O)(=O)N2CCCCCC2)c1. The number of fused-ring (bicyclic) bond motifs is 1. The third-order valence-electron chi connectivity index (χ3n) is 5.57. The van der Waals surface area contributed by atoms with Gasteiger partial charge < -0.3 is 5.32 Å². The Morgan fingerprint density at radius 2 is 1.57 bits per heavy atom. The van der Waals surface area contributed by atoms with Gasteiger partial charge in [0.2, 0.25) is 10.0 Å². The molecule has 1 aliphatic heterocycles. The Balaban J connectivity index is 1.47. The average Bonchev–Trinajstić information content (AvgIpc) is 3.08. The van der Waals surface area contributed by atoms with Gasteiger partial charge in [0.05, 0.1) is 4.90 Å². The van der Waals surface area contributed by atoms with E-state index in [0.29, 0.717) is 25.2 Å². The molecule has 0 aliphatic carbocycles. The van der Waals surface area contributed by atoms with Crippen LogP contribution < -0.4 is 5.32 Å². The fourth-order valence-electron chi connectivity index (χ4n) is 3.86. The summed E-state index contributed by atoms with van der Waals surface area (Å²) in [5.41, 5.74) is 1.35. The first-order valence-electron chi connectivity index (χ1n) is 10.4. The molecule has 0 spiro atoms. The minimum atomic E-state index is -3.58. The van der Waals surface area contributed by atoms with Gasteiger partial charge in [-0.2, -0.15) is 4.31 Å². The van der Waals surface area contributed by atoms with Crippen LogP contribution in [0, 0.1) is 0 Å². The zero-order chi connectivity index (χ0) is 21.0. The molecule has 0 unspecified atom stereocenters. The van der Waals surface area contributed by atoms with Crippen molar-refractivity contribution in [2.75, 3.05) is 13.1 Å². The predicted octanol–water partition coefficient (Wildman–Crippen LogP) is 4.33. The van der Waals surface area contributed by atoms with E-state index in [1.165, 1.54) is 6.07 Å². The maximum atomic E-state index is 13.0. The van der Waals surface area contributed by atoms with Crippen LogP contribution >= 0.6 is 0 Å². The molecule has 0 bridgehead atoms.